The molecule has 2 rings (SSSR count). The fraction of sp³-hybridized carbons (Fsp3) is 0.125. The van der Waals surface area contributed by atoms with Crippen LogP contribution in [0.5, 0.6) is 0 Å². The highest BCUT2D eigenvalue weighted by atomic mass is 32.2. The average Bonchev–Trinajstić information content (AvgIpc) is 2.45. The van der Waals surface area contributed by atoms with Crippen molar-refractivity contribution in [1.29, 1.82) is 0 Å². The number of sulfonamides is 1. The van der Waals surface area contributed by atoms with E-state index < -0.39 is 10.0 Å². The lowest BCUT2D eigenvalue weighted by atomic mass is 10.2. The molecule has 0 spiro atoms. The third-order valence-electron chi connectivity index (χ3n) is 1.77. The van der Waals surface area contributed by atoms with E-state index in [9.17, 15) is 8.42 Å². The summed E-state index contributed by atoms with van der Waals surface area (Å²) in [5.41, 5.74) is 1.74. The highest BCUT2D eigenvalue weighted by Crippen LogP contribution is 2.25. The molecule has 0 bridgehead atoms. The van der Waals surface area contributed by atoms with Crippen molar-refractivity contribution in [3.8, 4) is 0 Å². The molecular weight excluding hydrogens is 220 g/mol. The number of aryl methyl sites for hydroxylation is 1. The van der Waals surface area contributed by atoms with E-state index in [2.05, 4.69) is 4.98 Å². The summed E-state index contributed by atoms with van der Waals surface area (Å²) in [6, 6.07) is 5.56. The number of hydrogen-bond donors (Lipinski definition) is 1. The molecule has 0 amide bonds. The van der Waals surface area contributed by atoms with Crippen molar-refractivity contribution in [2.45, 2.75) is 11.3 Å². The first-order valence-electron chi connectivity index (χ1n) is 3.87. The summed E-state index contributed by atoms with van der Waals surface area (Å²) in [6.45, 7) is 1.94. The Morgan fingerprint density at radius 1 is 1.43 bits per heavy atom. The maximum atomic E-state index is 11.0. The van der Waals surface area contributed by atoms with Crippen LogP contribution >= 0.6 is 11.3 Å². The van der Waals surface area contributed by atoms with Crippen LogP contribution in [-0.2, 0) is 10.0 Å². The molecule has 0 fully saturated rings. The van der Waals surface area contributed by atoms with Crippen LogP contribution in [0, 0.1) is 6.92 Å². The minimum Gasteiger partial charge on any atom is -0.224 e. The van der Waals surface area contributed by atoms with Crippen LogP contribution in [0.1, 0.15) is 5.56 Å². The smallest absolute Gasteiger partial charge is 0.224 e. The zero-order valence-corrected chi connectivity index (χ0v) is 9.02. The molecule has 0 aliphatic carbocycles. The fourth-order valence-electron chi connectivity index (χ4n) is 1.13. The molecule has 1 aromatic carbocycles. The third-order valence-corrected chi connectivity index (χ3v) is 4.11. The fourth-order valence-corrected chi connectivity index (χ4v) is 2.89. The lowest BCUT2D eigenvalue weighted by molar-refractivity contribution is 0.597. The monoisotopic (exact) mass is 228 g/mol. The molecule has 2 aromatic rings. The van der Waals surface area contributed by atoms with E-state index in [0.717, 1.165) is 21.6 Å². The predicted molar refractivity (Wildman–Crippen MR) is 55.7 cm³/mol. The van der Waals surface area contributed by atoms with Gasteiger partial charge in [-0.05, 0) is 24.6 Å². The molecule has 0 aliphatic heterocycles. The maximum absolute atomic E-state index is 11.0. The normalized spacial score (nSPS) is 12.1. The summed E-state index contributed by atoms with van der Waals surface area (Å²) in [6.07, 6.45) is 0. The van der Waals surface area contributed by atoms with Gasteiger partial charge in [0.1, 0.15) is 0 Å². The molecule has 0 atom stereocenters. The SMILES string of the molecule is Cc1ccc2nc(S(N)(=O)=O)sc2c1. The van der Waals surface area contributed by atoms with Crippen molar-refractivity contribution in [3.63, 3.8) is 0 Å². The lowest BCUT2D eigenvalue weighted by Crippen LogP contribution is -2.11. The van der Waals surface area contributed by atoms with Crippen molar-refractivity contribution in [1.82, 2.24) is 4.98 Å². The van der Waals surface area contributed by atoms with Gasteiger partial charge in [-0.3, -0.25) is 0 Å². The molecule has 14 heavy (non-hydrogen) atoms. The Balaban J connectivity index is 2.75. The number of primary sulfonamides is 1. The number of benzene rings is 1. The number of rotatable bonds is 1. The zero-order chi connectivity index (χ0) is 10.3. The van der Waals surface area contributed by atoms with Gasteiger partial charge in [0.15, 0.2) is 0 Å². The Morgan fingerprint density at radius 3 is 2.79 bits per heavy atom. The number of fused-ring (bicyclic) bond motifs is 1. The second kappa shape index (κ2) is 3.01. The van der Waals surface area contributed by atoms with E-state index in [0.29, 0.717) is 5.52 Å². The second-order valence-electron chi connectivity index (χ2n) is 3.00. The Hall–Kier alpha value is -0.980. The summed E-state index contributed by atoms with van der Waals surface area (Å²) in [7, 11) is -3.67. The van der Waals surface area contributed by atoms with E-state index in [1.54, 1.807) is 6.07 Å². The largest absolute Gasteiger partial charge is 0.265 e. The van der Waals surface area contributed by atoms with Crippen LogP contribution in [-0.4, -0.2) is 13.4 Å². The molecule has 0 unspecified atom stereocenters. The van der Waals surface area contributed by atoms with Crippen LogP contribution < -0.4 is 5.14 Å². The minimum atomic E-state index is -3.67. The van der Waals surface area contributed by atoms with Gasteiger partial charge in [-0.2, -0.15) is 0 Å². The van der Waals surface area contributed by atoms with Gasteiger partial charge in [0.25, 0.3) is 10.0 Å². The van der Waals surface area contributed by atoms with Gasteiger partial charge < -0.3 is 0 Å². The van der Waals surface area contributed by atoms with Gasteiger partial charge in [0.05, 0.1) is 10.2 Å². The van der Waals surface area contributed by atoms with Crippen LogP contribution in [0.25, 0.3) is 10.2 Å². The van der Waals surface area contributed by atoms with Crippen molar-refractivity contribution >= 4 is 31.6 Å². The summed E-state index contributed by atoms with van der Waals surface area (Å²) < 4.78 is 22.8. The maximum Gasteiger partial charge on any atom is 0.265 e. The van der Waals surface area contributed by atoms with Crippen LogP contribution in [0.15, 0.2) is 22.5 Å². The summed E-state index contributed by atoms with van der Waals surface area (Å²) in [5, 5.41) is 4.98. The molecule has 4 nitrogen and oxygen atoms in total. The van der Waals surface area contributed by atoms with E-state index in [1.807, 2.05) is 19.1 Å². The van der Waals surface area contributed by atoms with Crippen LogP contribution in [0.4, 0.5) is 0 Å². The van der Waals surface area contributed by atoms with Gasteiger partial charge in [0, 0.05) is 0 Å². The number of nitrogens with zero attached hydrogens (tertiary/aromatic N) is 1. The van der Waals surface area contributed by atoms with E-state index in [1.165, 1.54) is 0 Å². The average molecular weight is 228 g/mol. The highest BCUT2D eigenvalue weighted by Gasteiger charge is 2.13. The first-order valence-corrected chi connectivity index (χ1v) is 6.23. The molecule has 0 radical (unpaired) electrons. The number of hydrogen-bond acceptors (Lipinski definition) is 4. The second-order valence-corrected chi connectivity index (χ2v) is 5.76. The Bertz CT molecular complexity index is 586. The van der Waals surface area contributed by atoms with E-state index in [-0.39, 0.29) is 4.34 Å². The first kappa shape index (κ1) is 9.57. The van der Waals surface area contributed by atoms with Crippen molar-refractivity contribution in [2.75, 3.05) is 0 Å². The molecule has 1 aromatic heterocycles. The van der Waals surface area contributed by atoms with Gasteiger partial charge in [-0.1, -0.05) is 6.07 Å². The standard InChI is InChI=1S/C8H8N2O2S2/c1-5-2-3-6-7(4-5)13-8(10-6)14(9,11)12/h2-4H,1H3,(H2,9,11,12). The number of nitrogens with two attached hydrogens (primary N) is 1. The van der Waals surface area contributed by atoms with Gasteiger partial charge in [-0.25, -0.2) is 18.5 Å². The Labute approximate surface area is 85.4 Å². The van der Waals surface area contributed by atoms with E-state index in [4.69, 9.17) is 5.14 Å². The highest BCUT2D eigenvalue weighted by molar-refractivity contribution is 7.91. The number of thiazole rings is 1. The van der Waals surface area contributed by atoms with Crippen LogP contribution in [0.2, 0.25) is 0 Å². The number of aromatic nitrogens is 1. The Morgan fingerprint density at radius 2 is 2.14 bits per heavy atom. The molecular formula is C8H8N2O2S2. The molecule has 0 saturated heterocycles. The molecule has 0 aliphatic rings. The summed E-state index contributed by atoms with van der Waals surface area (Å²) in [5.74, 6) is 0. The van der Waals surface area contributed by atoms with Gasteiger partial charge in [0.2, 0.25) is 4.34 Å². The topological polar surface area (TPSA) is 73.0 Å². The van der Waals surface area contributed by atoms with Crippen LogP contribution in [0.3, 0.4) is 0 Å². The summed E-state index contributed by atoms with van der Waals surface area (Å²) >= 11 is 1.09. The predicted octanol–water partition coefficient (Wildman–Crippen LogP) is 1.25. The molecule has 1 heterocycles. The molecule has 2 N–H and O–H groups in total. The lowest BCUT2D eigenvalue weighted by Gasteiger charge is -1.88. The zero-order valence-electron chi connectivity index (χ0n) is 7.39. The molecule has 6 heteroatoms. The van der Waals surface area contributed by atoms with Gasteiger partial charge >= 0.3 is 0 Å². The minimum absolute atomic E-state index is 0.0295. The summed E-state index contributed by atoms with van der Waals surface area (Å²) in [4.78, 5) is 3.93. The van der Waals surface area contributed by atoms with Crippen molar-refractivity contribution in [3.05, 3.63) is 23.8 Å². The van der Waals surface area contributed by atoms with E-state index >= 15 is 0 Å². The third kappa shape index (κ3) is 1.63. The molecule has 0 saturated carbocycles. The molecule has 74 valence electrons. The van der Waals surface area contributed by atoms with Crippen molar-refractivity contribution in [2.24, 2.45) is 5.14 Å². The Kier molecular flexibility index (Phi) is 2.06. The van der Waals surface area contributed by atoms with Crippen molar-refractivity contribution < 1.29 is 8.42 Å². The first-order chi connectivity index (χ1) is 6.47. The van der Waals surface area contributed by atoms with Gasteiger partial charge in [-0.15, -0.1) is 11.3 Å². The quantitative estimate of drug-likeness (QED) is 0.798.